The molecule has 0 aromatic heterocycles. The van der Waals surface area contributed by atoms with E-state index >= 15 is 0 Å². The molecule has 1 aromatic rings. The molecule has 1 amide bonds. The van der Waals surface area contributed by atoms with Gasteiger partial charge >= 0.3 is 0 Å². The Hall–Kier alpha value is -0.620. The van der Waals surface area contributed by atoms with E-state index in [1.54, 1.807) is 18.2 Å². The van der Waals surface area contributed by atoms with E-state index in [4.69, 9.17) is 11.6 Å². The summed E-state index contributed by atoms with van der Waals surface area (Å²) in [5.74, 6) is 0.0937. The first-order valence-electron chi connectivity index (χ1n) is 7.34. The number of nitrogens with zero attached hydrogens (tertiary/aromatic N) is 2. The number of nitrogens with one attached hydrogen (secondary N) is 1. The predicted octanol–water partition coefficient (Wildman–Crippen LogP) is 2.22. The lowest BCUT2D eigenvalue weighted by Gasteiger charge is -2.32. The Morgan fingerprint density at radius 3 is 2.76 bits per heavy atom. The van der Waals surface area contributed by atoms with Crippen LogP contribution in [-0.2, 0) is 0 Å². The van der Waals surface area contributed by atoms with E-state index in [9.17, 15) is 4.79 Å². The van der Waals surface area contributed by atoms with Crippen molar-refractivity contribution in [2.75, 3.05) is 39.3 Å². The van der Waals surface area contributed by atoms with Crippen molar-refractivity contribution in [2.24, 2.45) is 0 Å². The zero-order valence-electron chi connectivity index (χ0n) is 11.8. The van der Waals surface area contributed by atoms with E-state index in [-0.39, 0.29) is 5.91 Å². The van der Waals surface area contributed by atoms with Crippen LogP contribution in [0, 0.1) is 0 Å². The molecule has 2 heterocycles. The van der Waals surface area contributed by atoms with Gasteiger partial charge in [-0.3, -0.25) is 9.69 Å². The van der Waals surface area contributed by atoms with Crippen LogP contribution in [-0.4, -0.2) is 61.0 Å². The van der Waals surface area contributed by atoms with Crippen LogP contribution in [0.2, 0.25) is 5.02 Å². The summed E-state index contributed by atoms with van der Waals surface area (Å²) >= 11 is 9.37. The zero-order chi connectivity index (χ0) is 14.8. The van der Waals surface area contributed by atoms with Gasteiger partial charge in [-0.1, -0.05) is 11.6 Å². The van der Waals surface area contributed by atoms with Crippen LogP contribution in [0.5, 0.6) is 0 Å². The number of carbonyl (C=O) groups is 1. The first-order chi connectivity index (χ1) is 10.1. The quantitative estimate of drug-likeness (QED) is 0.865. The number of piperazine rings is 1. The number of benzene rings is 1. The van der Waals surface area contributed by atoms with Gasteiger partial charge in [0.2, 0.25) is 0 Å². The summed E-state index contributed by atoms with van der Waals surface area (Å²) in [7, 11) is 0. The molecule has 2 aliphatic heterocycles. The number of hydrogen-bond donors (Lipinski definition) is 1. The van der Waals surface area contributed by atoms with Gasteiger partial charge in [0, 0.05) is 54.8 Å². The van der Waals surface area contributed by atoms with Gasteiger partial charge in [0.05, 0.1) is 5.56 Å². The molecular weight excluding hydrogens is 354 g/mol. The molecule has 2 saturated heterocycles. The normalized spacial score (nSPS) is 23.5. The summed E-state index contributed by atoms with van der Waals surface area (Å²) in [4.78, 5) is 17.1. The highest BCUT2D eigenvalue weighted by atomic mass is 79.9. The molecule has 2 aliphatic rings. The summed E-state index contributed by atoms with van der Waals surface area (Å²) in [5.41, 5.74) is 0.695. The zero-order valence-corrected chi connectivity index (χ0v) is 14.2. The van der Waals surface area contributed by atoms with Gasteiger partial charge in [-0.15, -0.1) is 0 Å². The molecule has 21 heavy (non-hydrogen) atoms. The summed E-state index contributed by atoms with van der Waals surface area (Å²) in [6, 6.07) is 5.84. The molecule has 0 bridgehead atoms. The second-order valence-corrected chi connectivity index (χ2v) is 6.89. The van der Waals surface area contributed by atoms with Gasteiger partial charge in [-0.05, 0) is 40.5 Å². The van der Waals surface area contributed by atoms with Crippen LogP contribution in [0.4, 0.5) is 0 Å². The first-order valence-corrected chi connectivity index (χ1v) is 8.51. The molecule has 1 unspecified atom stereocenters. The average Bonchev–Trinajstić information content (AvgIpc) is 2.97. The highest BCUT2D eigenvalue weighted by Crippen LogP contribution is 2.25. The van der Waals surface area contributed by atoms with E-state index in [0.717, 1.165) is 50.2 Å². The molecule has 6 heteroatoms. The van der Waals surface area contributed by atoms with Gasteiger partial charge in [0.15, 0.2) is 0 Å². The fraction of sp³-hybridized carbons (Fsp3) is 0.533. The molecule has 0 aliphatic carbocycles. The van der Waals surface area contributed by atoms with Crippen molar-refractivity contribution >= 4 is 33.4 Å². The summed E-state index contributed by atoms with van der Waals surface area (Å²) in [6.45, 7) is 5.92. The Morgan fingerprint density at radius 1 is 1.29 bits per heavy atom. The lowest BCUT2D eigenvalue weighted by molar-refractivity contribution is 0.0772. The highest BCUT2D eigenvalue weighted by molar-refractivity contribution is 9.10. The number of likely N-dealkylation sites (tertiary alicyclic amines) is 1. The molecule has 0 spiro atoms. The number of hydrogen-bond acceptors (Lipinski definition) is 3. The second-order valence-electron chi connectivity index (χ2n) is 5.60. The number of halogens is 2. The van der Waals surface area contributed by atoms with Crippen LogP contribution in [0.3, 0.4) is 0 Å². The number of rotatable bonds is 2. The van der Waals surface area contributed by atoms with Crippen molar-refractivity contribution < 1.29 is 4.79 Å². The minimum absolute atomic E-state index is 0.0937. The molecule has 114 valence electrons. The minimum atomic E-state index is 0.0937. The van der Waals surface area contributed by atoms with Crippen molar-refractivity contribution in [2.45, 2.75) is 12.5 Å². The van der Waals surface area contributed by atoms with Gasteiger partial charge < -0.3 is 10.2 Å². The van der Waals surface area contributed by atoms with Crippen LogP contribution >= 0.6 is 27.5 Å². The Bertz CT molecular complexity index is 534. The molecule has 0 radical (unpaired) electrons. The topological polar surface area (TPSA) is 35.6 Å². The fourth-order valence-corrected chi connectivity index (χ4v) is 3.96. The van der Waals surface area contributed by atoms with E-state index in [0.29, 0.717) is 16.6 Å². The summed E-state index contributed by atoms with van der Waals surface area (Å²) < 4.78 is 0.769. The first kappa shape index (κ1) is 15.3. The van der Waals surface area contributed by atoms with Crippen molar-refractivity contribution in [3.63, 3.8) is 0 Å². The Kier molecular flexibility index (Phi) is 4.84. The Balaban J connectivity index is 1.66. The highest BCUT2D eigenvalue weighted by Gasteiger charge is 2.31. The molecule has 1 aromatic carbocycles. The summed E-state index contributed by atoms with van der Waals surface area (Å²) in [6.07, 6.45) is 1.07. The van der Waals surface area contributed by atoms with E-state index in [2.05, 4.69) is 26.1 Å². The van der Waals surface area contributed by atoms with Crippen LogP contribution in [0.15, 0.2) is 22.7 Å². The molecule has 3 rings (SSSR count). The SMILES string of the molecule is O=C(c1ccc(Cl)cc1Br)N1CCC(N2CCNCC2)C1. The van der Waals surface area contributed by atoms with Crippen molar-refractivity contribution in [3.8, 4) is 0 Å². The molecule has 4 nitrogen and oxygen atoms in total. The summed E-state index contributed by atoms with van der Waals surface area (Å²) in [5, 5.41) is 4.01. The smallest absolute Gasteiger partial charge is 0.255 e. The molecule has 1 N–H and O–H groups in total. The largest absolute Gasteiger partial charge is 0.337 e. The minimum Gasteiger partial charge on any atom is -0.337 e. The molecule has 2 fully saturated rings. The van der Waals surface area contributed by atoms with E-state index in [1.165, 1.54) is 0 Å². The third-order valence-electron chi connectivity index (χ3n) is 4.28. The maximum atomic E-state index is 12.6. The van der Waals surface area contributed by atoms with Crippen LogP contribution in [0.25, 0.3) is 0 Å². The van der Waals surface area contributed by atoms with E-state index < -0.39 is 0 Å². The van der Waals surface area contributed by atoms with Gasteiger partial charge in [0.1, 0.15) is 0 Å². The molecule has 1 atom stereocenters. The van der Waals surface area contributed by atoms with Gasteiger partial charge in [0.25, 0.3) is 5.91 Å². The maximum Gasteiger partial charge on any atom is 0.255 e. The molecule has 0 saturated carbocycles. The van der Waals surface area contributed by atoms with Crippen LogP contribution < -0.4 is 5.32 Å². The van der Waals surface area contributed by atoms with Crippen molar-refractivity contribution in [1.82, 2.24) is 15.1 Å². The van der Waals surface area contributed by atoms with Gasteiger partial charge in [-0.2, -0.15) is 0 Å². The lowest BCUT2D eigenvalue weighted by Crippen LogP contribution is -2.49. The van der Waals surface area contributed by atoms with Gasteiger partial charge in [-0.25, -0.2) is 0 Å². The Morgan fingerprint density at radius 2 is 2.05 bits per heavy atom. The molecular formula is C15H19BrClN3O. The van der Waals surface area contributed by atoms with E-state index in [1.807, 2.05) is 4.90 Å². The predicted molar refractivity (Wildman–Crippen MR) is 87.9 cm³/mol. The third kappa shape index (κ3) is 3.42. The Labute approximate surface area is 138 Å². The third-order valence-corrected chi connectivity index (χ3v) is 5.17. The van der Waals surface area contributed by atoms with Crippen LogP contribution in [0.1, 0.15) is 16.8 Å². The fourth-order valence-electron chi connectivity index (χ4n) is 3.10. The lowest BCUT2D eigenvalue weighted by atomic mass is 10.2. The monoisotopic (exact) mass is 371 g/mol. The average molecular weight is 373 g/mol. The second kappa shape index (κ2) is 6.65. The maximum absolute atomic E-state index is 12.6. The standard InChI is InChI=1S/C15H19BrClN3O/c16-14-9-11(17)1-2-13(14)15(21)20-6-3-12(10-20)19-7-4-18-5-8-19/h1-2,9,12,18H,3-8,10H2. The van der Waals surface area contributed by atoms with Crippen molar-refractivity contribution in [1.29, 1.82) is 0 Å². The number of amides is 1. The van der Waals surface area contributed by atoms with Crippen molar-refractivity contribution in [3.05, 3.63) is 33.3 Å². The number of carbonyl (C=O) groups excluding carboxylic acids is 1.